The van der Waals surface area contributed by atoms with Gasteiger partial charge in [-0.3, -0.25) is 4.79 Å². The van der Waals surface area contributed by atoms with Gasteiger partial charge in [-0.05, 0) is 50.9 Å². The van der Waals surface area contributed by atoms with E-state index in [0.717, 1.165) is 30.9 Å². The smallest absolute Gasteiger partial charge is 0.227 e. The van der Waals surface area contributed by atoms with Crippen molar-refractivity contribution in [2.45, 2.75) is 32.3 Å². The Hall–Kier alpha value is -1.55. The lowest BCUT2D eigenvalue weighted by molar-refractivity contribution is -0.119. The molecule has 3 rings (SSSR count). The molecule has 2 aliphatic rings. The fraction of sp³-hybridized carbons (Fsp3) is 0.562. The number of carbonyl (C=O) groups is 1. The van der Waals surface area contributed by atoms with Gasteiger partial charge in [-0.15, -0.1) is 0 Å². The predicted molar refractivity (Wildman–Crippen MR) is 79.1 cm³/mol. The van der Waals surface area contributed by atoms with Crippen molar-refractivity contribution in [2.24, 2.45) is 5.92 Å². The van der Waals surface area contributed by atoms with Crippen LogP contribution in [0, 0.1) is 5.92 Å². The van der Waals surface area contributed by atoms with E-state index in [4.69, 9.17) is 4.74 Å². The first-order valence-corrected chi connectivity index (χ1v) is 7.51. The second-order valence-corrected chi connectivity index (χ2v) is 5.80. The Labute approximate surface area is 120 Å². The molecule has 108 valence electrons. The molecule has 1 saturated heterocycles. The maximum atomic E-state index is 12.5. The molecule has 0 saturated carbocycles. The Kier molecular flexibility index (Phi) is 3.92. The standard InChI is InChI=1S/C16H22N2O2/c1-12-11-18(14-4-2-3-5-15(14)20-12)16(19)7-6-13-8-9-17-10-13/h2-5,12-13,17H,6-11H2,1H3. The van der Waals surface area contributed by atoms with E-state index in [0.29, 0.717) is 18.9 Å². The van der Waals surface area contributed by atoms with Crippen LogP contribution in [0.1, 0.15) is 26.2 Å². The molecule has 1 amide bonds. The SMILES string of the molecule is CC1CN(C(=O)CCC2CCNC2)c2ccccc2O1. The normalized spacial score (nSPS) is 25.1. The highest BCUT2D eigenvalue weighted by Crippen LogP contribution is 2.33. The van der Waals surface area contributed by atoms with Crippen LogP contribution in [0.3, 0.4) is 0 Å². The van der Waals surface area contributed by atoms with Crippen molar-refractivity contribution >= 4 is 11.6 Å². The van der Waals surface area contributed by atoms with Crippen molar-refractivity contribution < 1.29 is 9.53 Å². The van der Waals surface area contributed by atoms with Gasteiger partial charge in [0.2, 0.25) is 5.91 Å². The average molecular weight is 274 g/mol. The number of anilines is 1. The number of benzene rings is 1. The van der Waals surface area contributed by atoms with Gasteiger partial charge in [0.1, 0.15) is 11.9 Å². The van der Waals surface area contributed by atoms with Gasteiger partial charge in [-0.25, -0.2) is 0 Å². The van der Waals surface area contributed by atoms with Crippen LogP contribution in [0.25, 0.3) is 0 Å². The molecule has 0 radical (unpaired) electrons. The van der Waals surface area contributed by atoms with E-state index in [-0.39, 0.29) is 12.0 Å². The lowest BCUT2D eigenvalue weighted by atomic mass is 10.0. The number of carbonyl (C=O) groups excluding carboxylic acids is 1. The molecule has 2 heterocycles. The summed E-state index contributed by atoms with van der Waals surface area (Å²) < 4.78 is 5.79. The number of hydrogen-bond donors (Lipinski definition) is 1. The minimum atomic E-state index is 0.0574. The Balaban J connectivity index is 1.67. The Morgan fingerprint density at radius 3 is 3.10 bits per heavy atom. The number of fused-ring (bicyclic) bond motifs is 1. The van der Waals surface area contributed by atoms with Crippen LogP contribution in [-0.4, -0.2) is 31.6 Å². The summed E-state index contributed by atoms with van der Waals surface area (Å²) in [6.45, 7) is 4.82. The van der Waals surface area contributed by atoms with Gasteiger partial charge in [0.05, 0.1) is 12.2 Å². The summed E-state index contributed by atoms with van der Waals surface area (Å²) in [7, 11) is 0. The number of amides is 1. The molecule has 2 unspecified atom stereocenters. The van der Waals surface area contributed by atoms with E-state index in [1.165, 1.54) is 6.42 Å². The predicted octanol–water partition coefficient (Wildman–Crippen LogP) is 2.19. The maximum absolute atomic E-state index is 12.5. The third kappa shape index (κ3) is 2.80. The van der Waals surface area contributed by atoms with E-state index in [9.17, 15) is 4.79 Å². The minimum Gasteiger partial charge on any atom is -0.487 e. The Bertz CT molecular complexity index is 483. The van der Waals surface area contributed by atoms with Crippen LogP contribution >= 0.6 is 0 Å². The fourth-order valence-corrected chi connectivity index (χ4v) is 3.05. The number of ether oxygens (including phenoxy) is 1. The van der Waals surface area contributed by atoms with Gasteiger partial charge in [0.25, 0.3) is 0 Å². The van der Waals surface area contributed by atoms with Gasteiger partial charge >= 0.3 is 0 Å². The van der Waals surface area contributed by atoms with Crippen LogP contribution in [-0.2, 0) is 4.79 Å². The molecule has 0 spiro atoms. The summed E-state index contributed by atoms with van der Waals surface area (Å²) in [5.74, 6) is 1.70. The lowest BCUT2D eigenvalue weighted by Gasteiger charge is -2.33. The van der Waals surface area contributed by atoms with Gasteiger partial charge in [0, 0.05) is 6.42 Å². The zero-order chi connectivity index (χ0) is 13.9. The van der Waals surface area contributed by atoms with Crippen molar-refractivity contribution in [3.8, 4) is 5.75 Å². The largest absolute Gasteiger partial charge is 0.487 e. The molecule has 1 N–H and O–H groups in total. The van der Waals surface area contributed by atoms with E-state index in [1.54, 1.807) is 0 Å². The Morgan fingerprint density at radius 1 is 1.45 bits per heavy atom. The molecule has 4 heteroatoms. The Morgan fingerprint density at radius 2 is 2.30 bits per heavy atom. The van der Waals surface area contributed by atoms with Crippen LogP contribution < -0.4 is 15.0 Å². The van der Waals surface area contributed by atoms with E-state index >= 15 is 0 Å². The number of para-hydroxylation sites is 2. The first kappa shape index (κ1) is 13.4. The van der Waals surface area contributed by atoms with Gasteiger partial charge in [-0.1, -0.05) is 12.1 Å². The van der Waals surface area contributed by atoms with Gasteiger partial charge in [-0.2, -0.15) is 0 Å². The van der Waals surface area contributed by atoms with E-state index in [1.807, 2.05) is 36.1 Å². The maximum Gasteiger partial charge on any atom is 0.227 e. The summed E-state index contributed by atoms with van der Waals surface area (Å²) in [5, 5.41) is 3.35. The second kappa shape index (κ2) is 5.83. The molecule has 2 atom stereocenters. The fourth-order valence-electron chi connectivity index (χ4n) is 3.05. The monoisotopic (exact) mass is 274 g/mol. The van der Waals surface area contributed by atoms with Crippen LogP contribution in [0.5, 0.6) is 5.75 Å². The zero-order valence-electron chi connectivity index (χ0n) is 12.0. The number of nitrogens with one attached hydrogen (secondary N) is 1. The highest BCUT2D eigenvalue weighted by molar-refractivity contribution is 5.95. The molecule has 2 aliphatic heterocycles. The lowest BCUT2D eigenvalue weighted by Crippen LogP contribution is -2.42. The third-order valence-electron chi connectivity index (χ3n) is 4.15. The van der Waals surface area contributed by atoms with Crippen LogP contribution in [0.2, 0.25) is 0 Å². The van der Waals surface area contributed by atoms with Crippen molar-refractivity contribution in [3.63, 3.8) is 0 Å². The molecule has 1 fully saturated rings. The molecular weight excluding hydrogens is 252 g/mol. The number of nitrogens with zero attached hydrogens (tertiary/aromatic N) is 1. The molecule has 20 heavy (non-hydrogen) atoms. The van der Waals surface area contributed by atoms with Gasteiger partial charge in [0.15, 0.2) is 0 Å². The van der Waals surface area contributed by atoms with Gasteiger partial charge < -0.3 is 15.0 Å². The molecule has 0 aromatic heterocycles. The summed E-state index contributed by atoms with van der Waals surface area (Å²) in [4.78, 5) is 14.4. The topological polar surface area (TPSA) is 41.6 Å². The first-order valence-electron chi connectivity index (χ1n) is 7.51. The van der Waals surface area contributed by atoms with E-state index in [2.05, 4.69) is 5.32 Å². The summed E-state index contributed by atoms with van der Waals surface area (Å²) in [5.41, 5.74) is 0.917. The molecule has 0 bridgehead atoms. The third-order valence-corrected chi connectivity index (χ3v) is 4.15. The molecule has 0 aliphatic carbocycles. The highest BCUT2D eigenvalue weighted by atomic mass is 16.5. The van der Waals surface area contributed by atoms with E-state index < -0.39 is 0 Å². The molecule has 1 aromatic rings. The quantitative estimate of drug-likeness (QED) is 0.918. The summed E-state index contributed by atoms with van der Waals surface area (Å²) in [6.07, 6.45) is 2.87. The zero-order valence-corrected chi connectivity index (χ0v) is 12.0. The summed E-state index contributed by atoms with van der Waals surface area (Å²) in [6, 6.07) is 7.81. The molecule has 4 nitrogen and oxygen atoms in total. The van der Waals surface area contributed by atoms with Crippen LogP contribution in [0.15, 0.2) is 24.3 Å². The summed E-state index contributed by atoms with van der Waals surface area (Å²) >= 11 is 0. The average Bonchev–Trinajstić information content (AvgIpc) is 2.97. The van der Waals surface area contributed by atoms with Crippen molar-refractivity contribution in [2.75, 3.05) is 24.5 Å². The highest BCUT2D eigenvalue weighted by Gasteiger charge is 2.27. The minimum absolute atomic E-state index is 0.0574. The van der Waals surface area contributed by atoms with Crippen molar-refractivity contribution in [1.29, 1.82) is 0 Å². The van der Waals surface area contributed by atoms with Crippen molar-refractivity contribution in [3.05, 3.63) is 24.3 Å². The van der Waals surface area contributed by atoms with Crippen LogP contribution in [0.4, 0.5) is 5.69 Å². The number of rotatable bonds is 3. The first-order chi connectivity index (χ1) is 9.74. The van der Waals surface area contributed by atoms with Crippen molar-refractivity contribution in [1.82, 2.24) is 5.32 Å². The number of hydrogen-bond acceptors (Lipinski definition) is 3. The second-order valence-electron chi connectivity index (χ2n) is 5.80. The molecular formula is C16H22N2O2. The molecule has 1 aromatic carbocycles.